The van der Waals surface area contributed by atoms with Crippen molar-refractivity contribution in [1.29, 1.82) is 5.41 Å². The molecule has 3 aromatic rings. The lowest BCUT2D eigenvalue weighted by atomic mass is 9.92. The summed E-state index contributed by atoms with van der Waals surface area (Å²) in [5, 5.41) is 20.8. The topological polar surface area (TPSA) is 173 Å². The molecule has 4 rings (SSSR count). The van der Waals surface area contributed by atoms with Gasteiger partial charge >= 0.3 is 5.97 Å². The number of benzene rings is 2. The van der Waals surface area contributed by atoms with E-state index in [9.17, 15) is 9.59 Å². The van der Waals surface area contributed by atoms with Crippen LogP contribution in [-0.4, -0.2) is 39.5 Å². The fourth-order valence-corrected chi connectivity index (χ4v) is 4.41. The van der Waals surface area contributed by atoms with Crippen LogP contribution in [-0.2, 0) is 6.54 Å². The summed E-state index contributed by atoms with van der Waals surface area (Å²) >= 11 is 0. The minimum Gasteiger partial charge on any atom is -0.478 e. The Labute approximate surface area is 191 Å². The van der Waals surface area contributed by atoms with Gasteiger partial charge in [0, 0.05) is 29.6 Å². The predicted octanol–water partition coefficient (Wildman–Crippen LogP) is 2.25. The molecule has 1 aromatic heterocycles. The van der Waals surface area contributed by atoms with E-state index in [1.807, 2.05) is 0 Å². The maximum absolute atomic E-state index is 13.4. The third-order valence-electron chi connectivity index (χ3n) is 6.28. The van der Waals surface area contributed by atoms with Crippen molar-refractivity contribution in [3.8, 4) is 0 Å². The smallest absolute Gasteiger partial charge is 0.335 e. The number of nitrogens with two attached hydrogens (primary N) is 3. The molecule has 172 valence electrons. The zero-order valence-electron chi connectivity index (χ0n) is 18.2. The first-order valence-electron chi connectivity index (χ1n) is 10.9. The Kier molecular flexibility index (Phi) is 6.06. The van der Waals surface area contributed by atoms with Crippen LogP contribution in [0.4, 0.5) is 5.69 Å². The molecule has 1 fully saturated rings. The van der Waals surface area contributed by atoms with Crippen molar-refractivity contribution < 1.29 is 14.7 Å². The monoisotopic (exact) mass is 448 g/mol. The number of anilines is 1. The summed E-state index contributed by atoms with van der Waals surface area (Å²) < 4.78 is 1.80. The lowest BCUT2D eigenvalue weighted by Crippen LogP contribution is -2.41. The van der Waals surface area contributed by atoms with E-state index in [1.54, 1.807) is 34.9 Å². The number of carboxylic acids is 1. The summed E-state index contributed by atoms with van der Waals surface area (Å²) in [7, 11) is 0. The highest BCUT2D eigenvalue weighted by Gasteiger charge is 2.26. The second-order valence-corrected chi connectivity index (χ2v) is 8.58. The quantitative estimate of drug-likeness (QED) is 0.249. The Hall–Kier alpha value is -3.85. The van der Waals surface area contributed by atoms with Crippen molar-refractivity contribution in [3.05, 3.63) is 64.8 Å². The zero-order chi connectivity index (χ0) is 23.7. The Bertz CT molecular complexity index is 1220. The largest absolute Gasteiger partial charge is 0.478 e. The van der Waals surface area contributed by atoms with E-state index < -0.39 is 5.97 Å². The van der Waals surface area contributed by atoms with Gasteiger partial charge in [-0.15, -0.1) is 0 Å². The minimum absolute atomic E-state index is 0.0331. The summed E-state index contributed by atoms with van der Waals surface area (Å²) in [5.41, 5.74) is 21.0. The number of aromatic nitrogens is 1. The van der Waals surface area contributed by atoms with Gasteiger partial charge in [-0.1, -0.05) is 18.2 Å². The van der Waals surface area contributed by atoms with Gasteiger partial charge in [-0.05, 0) is 55.5 Å². The van der Waals surface area contributed by atoms with E-state index in [-0.39, 0.29) is 29.4 Å². The molecule has 1 aliphatic rings. The lowest BCUT2D eigenvalue weighted by Gasteiger charge is -2.27. The zero-order valence-corrected chi connectivity index (χ0v) is 18.2. The molecule has 33 heavy (non-hydrogen) atoms. The molecule has 9 N–H and O–H groups in total. The number of rotatable bonds is 6. The first-order valence-corrected chi connectivity index (χ1v) is 10.9. The van der Waals surface area contributed by atoms with Crippen LogP contribution >= 0.6 is 0 Å². The van der Waals surface area contributed by atoms with Crippen LogP contribution in [0.2, 0.25) is 0 Å². The van der Waals surface area contributed by atoms with Gasteiger partial charge in [0.1, 0.15) is 11.5 Å². The second kappa shape index (κ2) is 8.95. The molecule has 1 heterocycles. The molecule has 1 amide bonds. The van der Waals surface area contributed by atoms with Crippen LogP contribution in [0.15, 0.2) is 42.5 Å². The van der Waals surface area contributed by atoms with Crippen molar-refractivity contribution in [2.24, 2.45) is 11.5 Å². The number of amides is 1. The SMILES string of the molecule is N=C(N)c1ccc2c(N)c(C(=O)NC3CCC(N)CC3)n(Cc3ccc(C(=O)O)cc3)c2c1. The van der Waals surface area contributed by atoms with Crippen LogP contribution in [0.5, 0.6) is 0 Å². The minimum atomic E-state index is -1.00. The van der Waals surface area contributed by atoms with Gasteiger partial charge in [0.15, 0.2) is 0 Å². The number of hydrogen-bond acceptors (Lipinski definition) is 5. The molecule has 0 saturated heterocycles. The Morgan fingerprint density at radius 3 is 2.30 bits per heavy atom. The van der Waals surface area contributed by atoms with E-state index >= 15 is 0 Å². The van der Waals surface area contributed by atoms with Crippen LogP contribution in [0.25, 0.3) is 10.9 Å². The molecule has 0 radical (unpaired) electrons. The molecule has 0 bridgehead atoms. The van der Waals surface area contributed by atoms with Gasteiger partial charge in [0.05, 0.1) is 16.8 Å². The number of nitrogens with one attached hydrogen (secondary N) is 2. The highest BCUT2D eigenvalue weighted by atomic mass is 16.4. The number of carboxylic acid groups (broad SMARTS) is 1. The first-order chi connectivity index (χ1) is 15.7. The third kappa shape index (κ3) is 4.54. The summed E-state index contributed by atoms with van der Waals surface area (Å²) in [4.78, 5) is 24.6. The van der Waals surface area contributed by atoms with Gasteiger partial charge < -0.3 is 32.2 Å². The van der Waals surface area contributed by atoms with Crippen LogP contribution in [0.3, 0.4) is 0 Å². The molecule has 0 unspecified atom stereocenters. The molecule has 9 heteroatoms. The van der Waals surface area contributed by atoms with Gasteiger partial charge in [0.2, 0.25) is 0 Å². The predicted molar refractivity (Wildman–Crippen MR) is 128 cm³/mol. The van der Waals surface area contributed by atoms with E-state index in [2.05, 4.69) is 5.32 Å². The third-order valence-corrected chi connectivity index (χ3v) is 6.28. The number of amidine groups is 1. The van der Waals surface area contributed by atoms with E-state index in [0.717, 1.165) is 31.2 Å². The molecule has 2 aromatic carbocycles. The van der Waals surface area contributed by atoms with Crippen molar-refractivity contribution >= 4 is 34.3 Å². The molecule has 0 aliphatic heterocycles. The Morgan fingerprint density at radius 2 is 1.70 bits per heavy atom. The molecule has 1 saturated carbocycles. The Balaban J connectivity index is 1.75. The standard InChI is InChI=1S/C24H28N6O3/c25-16-6-8-17(9-7-16)29-23(31)21-20(26)18-10-5-15(22(27)28)11-19(18)30(21)12-13-1-3-14(4-2-13)24(32)33/h1-5,10-11,16-17H,6-9,12,25-26H2,(H3,27,28)(H,29,31)(H,32,33). The van der Waals surface area contributed by atoms with E-state index in [1.165, 1.54) is 12.1 Å². The lowest BCUT2D eigenvalue weighted by molar-refractivity contribution is 0.0696. The fourth-order valence-electron chi connectivity index (χ4n) is 4.41. The fraction of sp³-hybridized carbons (Fsp3) is 0.292. The van der Waals surface area contributed by atoms with Gasteiger partial charge in [-0.2, -0.15) is 0 Å². The van der Waals surface area contributed by atoms with Gasteiger partial charge in [-0.25, -0.2) is 4.79 Å². The highest BCUT2D eigenvalue weighted by Crippen LogP contribution is 2.31. The second-order valence-electron chi connectivity index (χ2n) is 8.58. The highest BCUT2D eigenvalue weighted by molar-refractivity contribution is 6.09. The van der Waals surface area contributed by atoms with Crippen molar-refractivity contribution in [3.63, 3.8) is 0 Å². The van der Waals surface area contributed by atoms with Crippen LogP contribution < -0.4 is 22.5 Å². The summed E-state index contributed by atoms with van der Waals surface area (Å²) in [5.74, 6) is -1.36. The summed E-state index contributed by atoms with van der Waals surface area (Å²) in [6.07, 6.45) is 3.36. The normalized spacial score (nSPS) is 18.2. The number of carbonyl (C=O) groups excluding carboxylic acids is 1. The summed E-state index contributed by atoms with van der Waals surface area (Å²) in [6.45, 7) is 0.299. The maximum Gasteiger partial charge on any atom is 0.335 e. The average molecular weight is 449 g/mol. The van der Waals surface area contributed by atoms with Gasteiger partial charge in [0.25, 0.3) is 5.91 Å². The van der Waals surface area contributed by atoms with Crippen LogP contribution in [0.1, 0.15) is 57.7 Å². The molecular formula is C24H28N6O3. The molecule has 0 spiro atoms. The van der Waals surface area contributed by atoms with Crippen LogP contribution in [0, 0.1) is 5.41 Å². The number of carbonyl (C=O) groups is 2. The first kappa shape index (κ1) is 22.3. The number of nitrogens with zero attached hydrogens (tertiary/aromatic N) is 1. The number of fused-ring (bicyclic) bond motifs is 1. The van der Waals surface area contributed by atoms with E-state index in [0.29, 0.717) is 34.4 Å². The molecule has 0 atom stereocenters. The molecular weight excluding hydrogens is 420 g/mol. The van der Waals surface area contributed by atoms with Gasteiger partial charge in [-0.3, -0.25) is 10.2 Å². The summed E-state index contributed by atoms with van der Waals surface area (Å²) in [6, 6.07) is 11.9. The number of aromatic carboxylic acids is 1. The number of nitrogen functional groups attached to an aromatic ring is 2. The number of hydrogen-bond donors (Lipinski definition) is 6. The maximum atomic E-state index is 13.4. The Morgan fingerprint density at radius 1 is 1.06 bits per heavy atom. The van der Waals surface area contributed by atoms with Crippen molar-refractivity contribution in [2.75, 3.05) is 5.73 Å². The molecule has 1 aliphatic carbocycles. The van der Waals surface area contributed by atoms with Crippen molar-refractivity contribution in [2.45, 2.75) is 44.3 Å². The van der Waals surface area contributed by atoms with Crippen molar-refractivity contribution in [1.82, 2.24) is 9.88 Å². The molecule has 9 nitrogen and oxygen atoms in total. The average Bonchev–Trinajstić information content (AvgIpc) is 3.06. The van der Waals surface area contributed by atoms with E-state index in [4.69, 9.17) is 27.7 Å².